The van der Waals surface area contributed by atoms with E-state index in [9.17, 15) is 18.0 Å². The Morgan fingerprint density at radius 2 is 1.95 bits per heavy atom. The predicted molar refractivity (Wildman–Crippen MR) is 137 cm³/mol. The number of hydrogen-bond acceptors (Lipinski definition) is 5. The minimum absolute atomic E-state index is 0.196. The number of fused-ring (bicyclic) bond motifs is 1. The van der Waals surface area contributed by atoms with Crippen molar-refractivity contribution in [1.29, 1.82) is 0 Å². The first-order valence-electron chi connectivity index (χ1n) is 13.2. The van der Waals surface area contributed by atoms with E-state index in [1.165, 1.54) is 22.8 Å². The van der Waals surface area contributed by atoms with Crippen LogP contribution < -0.4 is 10.1 Å². The van der Waals surface area contributed by atoms with Gasteiger partial charge in [0.15, 0.2) is 0 Å². The number of carbonyl (C=O) groups excluding carboxylic acids is 1. The molecule has 0 unspecified atom stereocenters. The average molecular weight is 519 g/mol. The average Bonchev–Trinajstić information content (AvgIpc) is 2.89. The van der Waals surface area contributed by atoms with Gasteiger partial charge >= 0.3 is 6.18 Å². The number of hydrogen-bond donors (Lipinski definition) is 1. The third-order valence-corrected chi connectivity index (χ3v) is 7.68. The van der Waals surface area contributed by atoms with Crippen molar-refractivity contribution in [2.24, 2.45) is 0 Å². The Bertz CT molecular complexity index is 1070. The maximum absolute atomic E-state index is 13.0. The van der Waals surface area contributed by atoms with E-state index in [0.29, 0.717) is 19.7 Å². The molecule has 3 heterocycles. The highest BCUT2D eigenvalue weighted by molar-refractivity contribution is 5.94. The largest absolute Gasteiger partial charge is 0.493 e. The second-order valence-corrected chi connectivity index (χ2v) is 9.98. The van der Waals surface area contributed by atoms with Crippen LogP contribution in [0.3, 0.4) is 0 Å². The van der Waals surface area contributed by atoms with Crippen molar-refractivity contribution in [3.63, 3.8) is 0 Å². The number of nitrogens with zero attached hydrogens (tertiary/aromatic N) is 3. The third-order valence-electron chi connectivity index (χ3n) is 7.68. The number of pyridine rings is 1. The normalized spacial score (nSPS) is 20.5. The molecule has 0 bridgehead atoms. The predicted octanol–water partition coefficient (Wildman–Crippen LogP) is 5.15. The van der Waals surface area contributed by atoms with Crippen molar-refractivity contribution >= 4 is 5.91 Å². The highest BCUT2D eigenvalue weighted by Gasteiger charge is 2.38. The minimum Gasteiger partial charge on any atom is -0.493 e. The SMILES string of the molecule is CCNCCCOc1ccc([C@H]2CCC[C@H]3CN(C(=O)c4ccc(C(F)(F)F)nc4)CCN32)c(C)c1C. The van der Waals surface area contributed by atoms with Crippen LogP contribution in [0.4, 0.5) is 13.2 Å². The minimum atomic E-state index is -4.52. The monoisotopic (exact) mass is 518 g/mol. The lowest BCUT2D eigenvalue weighted by molar-refractivity contribution is -0.141. The van der Waals surface area contributed by atoms with Crippen LogP contribution in [0.15, 0.2) is 30.5 Å². The number of halogens is 3. The number of rotatable bonds is 8. The van der Waals surface area contributed by atoms with Gasteiger partial charge < -0.3 is 15.0 Å². The maximum atomic E-state index is 13.0. The zero-order chi connectivity index (χ0) is 26.6. The van der Waals surface area contributed by atoms with Crippen LogP contribution in [0, 0.1) is 13.8 Å². The molecule has 0 saturated carbocycles. The smallest absolute Gasteiger partial charge is 0.433 e. The van der Waals surface area contributed by atoms with Gasteiger partial charge in [-0.25, -0.2) is 0 Å². The van der Waals surface area contributed by atoms with E-state index < -0.39 is 11.9 Å². The fraction of sp³-hybridized carbons (Fsp3) is 0.571. The van der Waals surface area contributed by atoms with Crippen LogP contribution in [0.2, 0.25) is 0 Å². The summed E-state index contributed by atoms with van der Waals surface area (Å²) in [6.45, 7) is 10.8. The van der Waals surface area contributed by atoms with Gasteiger partial charge in [0.05, 0.1) is 12.2 Å². The summed E-state index contributed by atoms with van der Waals surface area (Å²) in [6.07, 6.45) is 0.613. The number of benzene rings is 1. The van der Waals surface area contributed by atoms with Gasteiger partial charge in [-0.05, 0) is 87.5 Å². The van der Waals surface area contributed by atoms with Crippen LogP contribution in [0.25, 0.3) is 0 Å². The van der Waals surface area contributed by atoms with Crippen molar-refractivity contribution in [2.75, 3.05) is 39.3 Å². The summed E-state index contributed by atoms with van der Waals surface area (Å²) in [4.78, 5) is 20.8. The lowest BCUT2D eigenvalue weighted by Gasteiger charge is -2.48. The molecule has 9 heteroatoms. The Morgan fingerprint density at radius 3 is 2.65 bits per heavy atom. The number of aromatic nitrogens is 1. The molecule has 202 valence electrons. The van der Waals surface area contributed by atoms with Gasteiger partial charge in [-0.3, -0.25) is 14.7 Å². The van der Waals surface area contributed by atoms with Crippen molar-refractivity contribution in [3.05, 3.63) is 58.4 Å². The molecule has 2 aromatic rings. The van der Waals surface area contributed by atoms with Crippen LogP contribution in [0.1, 0.15) is 71.4 Å². The van der Waals surface area contributed by atoms with E-state index in [0.717, 1.165) is 63.3 Å². The number of alkyl halides is 3. The highest BCUT2D eigenvalue weighted by atomic mass is 19.4. The summed E-state index contributed by atoms with van der Waals surface area (Å²) in [5, 5.41) is 3.31. The van der Waals surface area contributed by atoms with Crippen molar-refractivity contribution < 1.29 is 22.7 Å². The standard InChI is InChI=1S/C28H37F3N4O2/c1-4-32-13-6-16-37-25-11-10-23(19(2)20(25)3)24-8-5-7-22-18-34(14-15-35(22)24)27(36)21-9-12-26(33-17-21)28(29,30)31/h9-12,17,22,24,32H,4-8,13-16,18H2,1-3H3/t22-,24+/m0/s1. The highest BCUT2D eigenvalue weighted by Crippen LogP contribution is 2.39. The Morgan fingerprint density at radius 1 is 1.14 bits per heavy atom. The van der Waals surface area contributed by atoms with Gasteiger partial charge in [0.2, 0.25) is 0 Å². The number of piperazine rings is 1. The molecule has 0 aliphatic carbocycles. The first kappa shape index (κ1) is 27.4. The topological polar surface area (TPSA) is 57.7 Å². The first-order chi connectivity index (χ1) is 17.7. The summed E-state index contributed by atoms with van der Waals surface area (Å²) in [7, 11) is 0. The number of carbonyl (C=O) groups is 1. The molecule has 2 atom stereocenters. The lowest BCUT2D eigenvalue weighted by atomic mass is 9.86. The van der Waals surface area contributed by atoms with E-state index in [4.69, 9.17) is 4.74 Å². The van der Waals surface area contributed by atoms with Crippen LogP contribution >= 0.6 is 0 Å². The van der Waals surface area contributed by atoms with Gasteiger partial charge in [0, 0.05) is 37.9 Å². The second-order valence-electron chi connectivity index (χ2n) is 9.98. The molecule has 2 saturated heterocycles. The van der Waals surface area contributed by atoms with Gasteiger partial charge in [0.1, 0.15) is 11.4 Å². The number of piperidine rings is 1. The molecule has 1 aromatic carbocycles. The molecule has 2 aliphatic rings. The summed E-state index contributed by atoms with van der Waals surface area (Å²) in [6, 6.07) is 6.89. The molecule has 4 rings (SSSR count). The number of amides is 1. The molecular formula is C28H37F3N4O2. The fourth-order valence-electron chi connectivity index (χ4n) is 5.53. The van der Waals surface area contributed by atoms with Gasteiger partial charge in [-0.15, -0.1) is 0 Å². The quantitative estimate of drug-likeness (QED) is 0.490. The Hall–Kier alpha value is -2.65. The summed E-state index contributed by atoms with van der Waals surface area (Å²) in [5.74, 6) is 0.677. The molecule has 2 aliphatic heterocycles. The van der Waals surface area contributed by atoms with E-state index in [-0.39, 0.29) is 23.6 Å². The Labute approximate surface area is 217 Å². The van der Waals surface area contributed by atoms with Crippen molar-refractivity contribution in [2.45, 2.75) is 64.7 Å². The van der Waals surface area contributed by atoms with Crippen LogP contribution in [0.5, 0.6) is 5.75 Å². The molecule has 1 amide bonds. The van der Waals surface area contributed by atoms with Gasteiger partial charge in [-0.1, -0.05) is 13.0 Å². The van der Waals surface area contributed by atoms with E-state index >= 15 is 0 Å². The number of nitrogens with one attached hydrogen (secondary N) is 1. The van der Waals surface area contributed by atoms with E-state index in [1.807, 2.05) is 0 Å². The van der Waals surface area contributed by atoms with Gasteiger partial charge in [-0.2, -0.15) is 13.2 Å². The fourth-order valence-corrected chi connectivity index (χ4v) is 5.53. The molecule has 0 radical (unpaired) electrons. The van der Waals surface area contributed by atoms with Crippen molar-refractivity contribution in [1.82, 2.24) is 20.1 Å². The Kier molecular flexibility index (Phi) is 8.75. The summed E-state index contributed by atoms with van der Waals surface area (Å²) in [5.41, 5.74) is 2.95. The molecule has 2 fully saturated rings. The zero-order valence-corrected chi connectivity index (χ0v) is 21.9. The van der Waals surface area contributed by atoms with Crippen LogP contribution in [-0.2, 0) is 6.18 Å². The first-order valence-corrected chi connectivity index (χ1v) is 13.2. The van der Waals surface area contributed by atoms with E-state index in [1.54, 1.807) is 4.90 Å². The van der Waals surface area contributed by atoms with E-state index in [2.05, 4.69) is 48.1 Å². The number of ether oxygens (including phenoxy) is 1. The van der Waals surface area contributed by atoms with Crippen LogP contribution in [-0.4, -0.2) is 66.1 Å². The van der Waals surface area contributed by atoms with Gasteiger partial charge in [0.25, 0.3) is 5.91 Å². The molecule has 37 heavy (non-hydrogen) atoms. The molecule has 1 N–H and O–H groups in total. The molecular weight excluding hydrogens is 481 g/mol. The van der Waals surface area contributed by atoms with Crippen molar-refractivity contribution in [3.8, 4) is 5.75 Å². The maximum Gasteiger partial charge on any atom is 0.433 e. The third kappa shape index (κ3) is 6.26. The zero-order valence-electron chi connectivity index (χ0n) is 21.9. The summed E-state index contributed by atoms with van der Waals surface area (Å²) >= 11 is 0. The Balaban J connectivity index is 1.41. The summed E-state index contributed by atoms with van der Waals surface area (Å²) < 4.78 is 44.6. The molecule has 0 spiro atoms. The molecule has 1 aromatic heterocycles. The molecule has 6 nitrogen and oxygen atoms in total. The second kappa shape index (κ2) is 11.8. The lowest BCUT2D eigenvalue weighted by Crippen LogP contribution is -2.57.